The van der Waals surface area contributed by atoms with E-state index < -0.39 is 60.6 Å². The summed E-state index contributed by atoms with van der Waals surface area (Å²) in [6.45, 7) is -1.13. The molecule has 10 nitrogen and oxygen atoms in total. The Kier molecular flexibility index (Phi) is 6.09. The van der Waals surface area contributed by atoms with Crippen molar-refractivity contribution in [3.8, 4) is 0 Å². The molecular formula is C16H20O10. The average Bonchev–Trinajstić information content (AvgIpc) is 2.64. The first-order chi connectivity index (χ1) is 12.2. The standard InChI is InChI=1S/C16H20O10/c17-6-8(18)16(25,13(22)7-4-2-1-3-5-7)14-11(21)9(19)10(20)12(26-14)15(23)24/h1-5,8-12,14,17-21,25H,6H2,(H,23,24)/t8?,9-,10-,11+,12-,14?,16?/m0/s1. The molecule has 0 aliphatic carbocycles. The molecule has 1 aliphatic rings. The number of carbonyl (C=O) groups is 2. The van der Waals surface area contributed by atoms with Gasteiger partial charge in [-0.1, -0.05) is 30.3 Å². The molecule has 1 fully saturated rings. The number of Topliss-reactive ketones (excluding diaryl/α,β-unsaturated/α-hetero) is 1. The Bertz CT molecular complexity index is 650. The van der Waals surface area contributed by atoms with Crippen LogP contribution in [0.25, 0.3) is 0 Å². The second-order valence-corrected chi connectivity index (χ2v) is 6.01. The fraction of sp³-hybridized carbons (Fsp3) is 0.500. The van der Waals surface area contributed by atoms with E-state index in [9.17, 15) is 40.2 Å². The largest absolute Gasteiger partial charge is 0.479 e. The third-order valence-electron chi connectivity index (χ3n) is 4.37. The van der Waals surface area contributed by atoms with E-state index in [0.29, 0.717) is 0 Å². The van der Waals surface area contributed by atoms with Crippen LogP contribution in [0.5, 0.6) is 0 Å². The van der Waals surface area contributed by atoms with Gasteiger partial charge in [-0.2, -0.15) is 0 Å². The van der Waals surface area contributed by atoms with Crippen molar-refractivity contribution in [2.24, 2.45) is 0 Å². The van der Waals surface area contributed by atoms with Crippen molar-refractivity contribution in [1.82, 2.24) is 0 Å². The van der Waals surface area contributed by atoms with E-state index in [1.54, 1.807) is 6.07 Å². The highest BCUT2D eigenvalue weighted by Crippen LogP contribution is 2.33. The minimum absolute atomic E-state index is 0.120. The van der Waals surface area contributed by atoms with Crippen molar-refractivity contribution in [2.45, 2.75) is 42.2 Å². The molecule has 144 valence electrons. The van der Waals surface area contributed by atoms with E-state index in [0.717, 1.165) is 0 Å². The molecule has 0 bridgehead atoms. The first-order valence-electron chi connectivity index (χ1n) is 7.69. The second kappa shape index (κ2) is 7.76. The molecule has 0 radical (unpaired) electrons. The zero-order valence-electron chi connectivity index (χ0n) is 13.4. The van der Waals surface area contributed by atoms with Gasteiger partial charge in [-0.15, -0.1) is 0 Å². The lowest BCUT2D eigenvalue weighted by Gasteiger charge is -2.46. The fourth-order valence-corrected chi connectivity index (χ4v) is 2.88. The number of ether oxygens (including phenoxy) is 1. The van der Waals surface area contributed by atoms with Gasteiger partial charge >= 0.3 is 5.97 Å². The summed E-state index contributed by atoms with van der Waals surface area (Å²) in [4.78, 5) is 24.0. The van der Waals surface area contributed by atoms with E-state index in [2.05, 4.69) is 0 Å². The molecule has 1 aliphatic heterocycles. The first kappa shape index (κ1) is 20.4. The molecule has 2 rings (SSSR count). The SMILES string of the molecule is O=C(O)[C@H]1OC(C(O)(C(=O)c2ccccc2)C(O)CO)[C@H](O)[C@@H](O)[C@@H]1O. The van der Waals surface area contributed by atoms with E-state index in [4.69, 9.17) is 9.84 Å². The van der Waals surface area contributed by atoms with Crippen LogP contribution in [0.2, 0.25) is 0 Å². The zero-order chi connectivity index (χ0) is 19.6. The van der Waals surface area contributed by atoms with Crippen LogP contribution < -0.4 is 0 Å². The molecule has 0 saturated carbocycles. The van der Waals surface area contributed by atoms with Crippen molar-refractivity contribution >= 4 is 11.8 Å². The number of aliphatic hydroxyl groups is 6. The van der Waals surface area contributed by atoms with Gasteiger partial charge in [0, 0.05) is 5.56 Å². The Balaban J connectivity index is 2.51. The lowest BCUT2D eigenvalue weighted by molar-refractivity contribution is -0.268. The van der Waals surface area contributed by atoms with Crippen molar-refractivity contribution in [2.75, 3.05) is 6.61 Å². The van der Waals surface area contributed by atoms with E-state index in [1.165, 1.54) is 24.3 Å². The smallest absolute Gasteiger partial charge is 0.335 e. The van der Waals surface area contributed by atoms with Gasteiger partial charge in [-0.3, -0.25) is 4.79 Å². The van der Waals surface area contributed by atoms with Crippen molar-refractivity contribution in [3.63, 3.8) is 0 Å². The first-order valence-corrected chi connectivity index (χ1v) is 7.69. The van der Waals surface area contributed by atoms with Crippen LogP contribution in [0.15, 0.2) is 30.3 Å². The van der Waals surface area contributed by atoms with Crippen LogP contribution in [-0.4, -0.2) is 96.3 Å². The molecule has 10 heteroatoms. The molecule has 26 heavy (non-hydrogen) atoms. The predicted octanol–water partition coefficient (Wildman–Crippen LogP) is -3.11. The number of aliphatic hydroxyl groups excluding tert-OH is 5. The predicted molar refractivity (Wildman–Crippen MR) is 83.1 cm³/mol. The minimum atomic E-state index is -3.00. The van der Waals surface area contributed by atoms with E-state index in [-0.39, 0.29) is 5.56 Å². The van der Waals surface area contributed by atoms with Crippen LogP contribution in [0.4, 0.5) is 0 Å². The van der Waals surface area contributed by atoms with Crippen molar-refractivity contribution in [3.05, 3.63) is 35.9 Å². The fourth-order valence-electron chi connectivity index (χ4n) is 2.88. The van der Waals surface area contributed by atoms with Crippen molar-refractivity contribution in [1.29, 1.82) is 0 Å². The monoisotopic (exact) mass is 372 g/mol. The number of hydrogen-bond acceptors (Lipinski definition) is 9. The van der Waals surface area contributed by atoms with Gasteiger partial charge in [-0.05, 0) is 0 Å². The molecule has 0 amide bonds. The van der Waals surface area contributed by atoms with Crippen LogP contribution >= 0.6 is 0 Å². The van der Waals surface area contributed by atoms with Gasteiger partial charge in [0.15, 0.2) is 17.5 Å². The second-order valence-electron chi connectivity index (χ2n) is 6.01. The number of benzene rings is 1. The molecule has 7 N–H and O–H groups in total. The summed E-state index contributed by atoms with van der Waals surface area (Å²) in [5.74, 6) is -2.89. The summed E-state index contributed by atoms with van der Waals surface area (Å²) in [6, 6.07) is 7.05. The maximum absolute atomic E-state index is 12.8. The average molecular weight is 372 g/mol. The Labute approximate surface area is 147 Å². The van der Waals surface area contributed by atoms with Gasteiger partial charge in [0.25, 0.3) is 0 Å². The van der Waals surface area contributed by atoms with Crippen LogP contribution in [-0.2, 0) is 9.53 Å². The topological polar surface area (TPSA) is 185 Å². The summed E-state index contributed by atoms with van der Waals surface area (Å²) in [5.41, 5.74) is -3.12. The highest BCUT2D eigenvalue weighted by atomic mass is 16.6. The molecule has 1 aromatic carbocycles. The third kappa shape index (κ3) is 3.35. The summed E-state index contributed by atoms with van der Waals surface area (Å²) >= 11 is 0. The molecule has 3 unspecified atom stereocenters. The number of carboxylic acids is 1. The molecule has 1 saturated heterocycles. The number of carbonyl (C=O) groups excluding carboxylic acids is 1. The minimum Gasteiger partial charge on any atom is -0.479 e. The van der Waals surface area contributed by atoms with Crippen LogP contribution in [0, 0.1) is 0 Å². The number of aliphatic carboxylic acids is 1. The van der Waals surface area contributed by atoms with Gasteiger partial charge < -0.3 is 40.5 Å². The number of hydrogen-bond donors (Lipinski definition) is 7. The normalized spacial score (nSPS) is 32.5. The Morgan fingerprint density at radius 3 is 2.15 bits per heavy atom. The highest BCUT2D eigenvalue weighted by molar-refractivity contribution is 6.03. The Hall–Kier alpha value is -1.92. The Morgan fingerprint density at radius 2 is 1.65 bits per heavy atom. The van der Waals surface area contributed by atoms with Crippen LogP contribution in [0.1, 0.15) is 10.4 Å². The van der Waals surface area contributed by atoms with Gasteiger partial charge in [-0.25, -0.2) is 4.79 Å². The molecule has 1 aromatic rings. The van der Waals surface area contributed by atoms with Crippen molar-refractivity contribution < 1.29 is 50.1 Å². The summed E-state index contributed by atoms with van der Waals surface area (Å²) in [6.07, 6.45) is -12.7. The number of ketones is 1. The number of rotatable bonds is 6. The number of carboxylic acid groups (broad SMARTS) is 1. The maximum Gasteiger partial charge on any atom is 0.335 e. The lowest BCUT2D eigenvalue weighted by Crippen LogP contribution is -2.71. The molecular weight excluding hydrogens is 352 g/mol. The molecule has 0 aromatic heterocycles. The summed E-state index contributed by atoms with van der Waals surface area (Å²) in [5, 5.41) is 69.0. The van der Waals surface area contributed by atoms with Gasteiger partial charge in [0.05, 0.1) is 6.61 Å². The van der Waals surface area contributed by atoms with E-state index in [1.807, 2.05) is 0 Å². The van der Waals surface area contributed by atoms with Gasteiger partial charge in [0.1, 0.15) is 30.5 Å². The molecule has 1 heterocycles. The molecule has 0 spiro atoms. The van der Waals surface area contributed by atoms with Gasteiger partial charge in [0.2, 0.25) is 0 Å². The Morgan fingerprint density at radius 1 is 1.08 bits per heavy atom. The zero-order valence-corrected chi connectivity index (χ0v) is 13.4. The quantitative estimate of drug-likeness (QED) is 0.252. The van der Waals surface area contributed by atoms with E-state index >= 15 is 0 Å². The lowest BCUT2D eigenvalue weighted by atomic mass is 9.77. The highest BCUT2D eigenvalue weighted by Gasteiger charge is 2.60. The summed E-state index contributed by atoms with van der Waals surface area (Å²) < 4.78 is 4.97. The third-order valence-corrected chi connectivity index (χ3v) is 4.37. The maximum atomic E-state index is 12.8. The van der Waals surface area contributed by atoms with Crippen LogP contribution in [0.3, 0.4) is 0 Å². The molecule has 7 atom stereocenters. The summed E-state index contributed by atoms with van der Waals surface area (Å²) in [7, 11) is 0.